The minimum absolute atomic E-state index is 0.201. The van der Waals surface area contributed by atoms with Crippen molar-refractivity contribution in [2.75, 3.05) is 0 Å². The van der Waals surface area contributed by atoms with Gasteiger partial charge >= 0.3 is 0 Å². The van der Waals surface area contributed by atoms with Crippen LogP contribution in [0.1, 0.15) is 42.0 Å². The van der Waals surface area contributed by atoms with Crippen molar-refractivity contribution in [2.45, 2.75) is 39.8 Å². The molecule has 0 aliphatic heterocycles. The van der Waals surface area contributed by atoms with Crippen molar-refractivity contribution in [1.29, 1.82) is 0 Å². The number of rotatable bonds is 4. The number of nitrogens with zero attached hydrogens (tertiary/aromatic N) is 4. The smallest absolute Gasteiger partial charge is 0.0742 e. The molecular formula is C13H19N5. The van der Waals surface area contributed by atoms with Gasteiger partial charge in [0.1, 0.15) is 0 Å². The average molecular weight is 245 g/mol. The fourth-order valence-electron chi connectivity index (χ4n) is 2.05. The van der Waals surface area contributed by atoms with Gasteiger partial charge in [-0.05, 0) is 38.0 Å². The first-order valence-corrected chi connectivity index (χ1v) is 6.21. The number of aromatic nitrogens is 4. The fourth-order valence-corrected chi connectivity index (χ4v) is 2.05. The lowest BCUT2D eigenvalue weighted by molar-refractivity contribution is 0.558. The molecule has 2 heterocycles. The maximum atomic E-state index is 6.33. The molecule has 5 nitrogen and oxygen atoms in total. The Kier molecular flexibility index (Phi) is 3.72. The molecule has 0 aromatic carbocycles. The SMILES string of the molecule is CCCn1nccc1C(N)c1cc(C)nnc1C. The molecule has 5 heteroatoms. The highest BCUT2D eigenvalue weighted by atomic mass is 15.3. The van der Waals surface area contributed by atoms with E-state index in [1.165, 1.54) is 0 Å². The lowest BCUT2D eigenvalue weighted by Gasteiger charge is -2.16. The van der Waals surface area contributed by atoms with Crippen LogP contribution in [0.25, 0.3) is 0 Å². The summed E-state index contributed by atoms with van der Waals surface area (Å²) >= 11 is 0. The zero-order chi connectivity index (χ0) is 13.1. The lowest BCUT2D eigenvalue weighted by atomic mass is 10.0. The summed E-state index contributed by atoms with van der Waals surface area (Å²) in [5.41, 5.74) is 10.1. The summed E-state index contributed by atoms with van der Waals surface area (Å²) in [6, 6.07) is 3.76. The standard InChI is InChI=1S/C13H19N5/c1-4-7-18-12(5-6-15-18)13(14)11-8-9(2)16-17-10(11)3/h5-6,8,13H,4,7,14H2,1-3H3. The molecule has 0 fully saturated rings. The molecule has 96 valence electrons. The molecule has 0 spiro atoms. The number of hydrogen-bond acceptors (Lipinski definition) is 4. The van der Waals surface area contributed by atoms with E-state index in [0.717, 1.165) is 35.6 Å². The van der Waals surface area contributed by atoms with Crippen LogP contribution in [0.15, 0.2) is 18.3 Å². The van der Waals surface area contributed by atoms with Gasteiger partial charge in [-0.25, -0.2) is 0 Å². The molecule has 2 N–H and O–H groups in total. The van der Waals surface area contributed by atoms with Crippen molar-refractivity contribution in [3.63, 3.8) is 0 Å². The van der Waals surface area contributed by atoms with Gasteiger partial charge in [0.2, 0.25) is 0 Å². The molecule has 0 aliphatic rings. The van der Waals surface area contributed by atoms with E-state index in [-0.39, 0.29) is 6.04 Å². The van der Waals surface area contributed by atoms with E-state index in [0.29, 0.717) is 0 Å². The Hall–Kier alpha value is -1.75. The van der Waals surface area contributed by atoms with E-state index in [1.807, 2.05) is 30.7 Å². The lowest BCUT2D eigenvalue weighted by Crippen LogP contribution is -2.19. The van der Waals surface area contributed by atoms with Crippen LogP contribution in [0, 0.1) is 13.8 Å². The highest BCUT2D eigenvalue weighted by molar-refractivity contribution is 5.30. The van der Waals surface area contributed by atoms with Crippen LogP contribution in [-0.4, -0.2) is 20.0 Å². The first-order valence-electron chi connectivity index (χ1n) is 6.21. The van der Waals surface area contributed by atoms with Crippen LogP contribution in [-0.2, 0) is 6.54 Å². The first-order chi connectivity index (χ1) is 8.63. The minimum atomic E-state index is -0.201. The van der Waals surface area contributed by atoms with Crippen LogP contribution >= 0.6 is 0 Å². The maximum absolute atomic E-state index is 6.33. The normalized spacial score (nSPS) is 12.7. The number of hydrogen-bond donors (Lipinski definition) is 1. The van der Waals surface area contributed by atoms with Gasteiger partial charge in [-0.15, -0.1) is 0 Å². The van der Waals surface area contributed by atoms with Gasteiger partial charge in [-0.3, -0.25) is 4.68 Å². The summed E-state index contributed by atoms with van der Waals surface area (Å²) in [6.45, 7) is 6.86. The highest BCUT2D eigenvalue weighted by Gasteiger charge is 2.16. The van der Waals surface area contributed by atoms with Crippen molar-refractivity contribution >= 4 is 0 Å². The largest absolute Gasteiger partial charge is 0.319 e. The Morgan fingerprint density at radius 1 is 1.33 bits per heavy atom. The van der Waals surface area contributed by atoms with Crippen molar-refractivity contribution in [3.8, 4) is 0 Å². The van der Waals surface area contributed by atoms with Crippen LogP contribution in [0.4, 0.5) is 0 Å². The zero-order valence-corrected chi connectivity index (χ0v) is 11.1. The molecule has 18 heavy (non-hydrogen) atoms. The van der Waals surface area contributed by atoms with Gasteiger partial charge in [0.05, 0.1) is 23.1 Å². The molecule has 2 aromatic heterocycles. The molecule has 0 radical (unpaired) electrons. The van der Waals surface area contributed by atoms with E-state index in [2.05, 4.69) is 22.2 Å². The third-order valence-electron chi connectivity index (χ3n) is 2.98. The summed E-state index contributed by atoms with van der Waals surface area (Å²) in [5.74, 6) is 0. The van der Waals surface area contributed by atoms with Gasteiger partial charge in [-0.2, -0.15) is 15.3 Å². The second-order valence-electron chi connectivity index (χ2n) is 4.48. The fraction of sp³-hybridized carbons (Fsp3) is 0.462. The van der Waals surface area contributed by atoms with Crippen LogP contribution in [0.2, 0.25) is 0 Å². The van der Waals surface area contributed by atoms with Crippen LogP contribution in [0.5, 0.6) is 0 Å². The quantitative estimate of drug-likeness (QED) is 0.891. The second kappa shape index (κ2) is 5.27. The molecule has 0 saturated heterocycles. The molecule has 0 amide bonds. The Balaban J connectivity index is 2.38. The summed E-state index contributed by atoms with van der Waals surface area (Å²) in [4.78, 5) is 0. The van der Waals surface area contributed by atoms with E-state index in [9.17, 15) is 0 Å². The summed E-state index contributed by atoms with van der Waals surface area (Å²) < 4.78 is 1.96. The van der Waals surface area contributed by atoms with E-state index in [4.69, 9.17) is 5.73 Å². The van der Waals surface area contributed by atoms with Crippen molar-refractivity contribution in [1.82, 2.24) is 20.0 Å². The number of nitrogens with two attached hydrogens (primary N) is 1. The van der Waals surface area contributed by atoms with Crippen molar-refractivity contribution in [2.24, 2.45) is 5.73 Å². The van der Waals surface area contributed by atoms with Gasteiger partial charge in [0.15, 0.2) is 0 Å². The third-order valence-corrected chi connectivity index (χ3v) is 2.98. The molecule has 2 rings (SSSR count). The van der Waals surface area contributed by atoms with Gasteiger partial charge in [-0.1, -0.05) is 6.92 Å². The molecule has 0 aliphatic carbocycles. The molecule has 1 unspecified atom stereocenters. The first kappa shape index (κ1) is 12.7. The maximum Gasteiger partial charge on any atom is 0.0742 e. The van der Waals surface area contributed by atoms with Crippen LogP contribution < -0.4 is 5.73 Å². The molecule has 2 aromatic rings. The molecule has 0 saturated carbocycles. The van der Waals surface area contributed by atoms with Gasteiger partial charge < -0.3 is 5.73 Å². The Morgan fingerprint density at radius 3 is 2.83 bits per heavy atom. The Morgan fingerprint density at radius 2 is 2.11 bits per heavy atom. The van der Waals surface area contributed by atoms with E-state index in [1.54, 1.807) is 6.20 Å². The number of aryl methyl sites for hydroxylation is 3. The molecular weight excluding hydrogens is 226 g/mol. The predicted octanol–water partition coefficient (Wildman–Crippen LogP) is 1.75. The Labute approximate surface area is 107 Å². The second-order valence-corrected chi connectivity index (χ2v) is 4.48. The zero-order valence-electron chi connectivity index (χ0n) is 11.1. The highest BCUT2D eigenvalue weighted by Crippen LogP contribution is 2.21. The van der Waals surface area contributed by atoms with Crippen molar-refractivity contribution < 1.29 is 0 Å². The summed E-state index contributed by atoms with van der Waals surface area (Å²) in [7, 11) is 0. The average Bonchev–Trinajstić information content (AvgIpc) is 2.80. The third kappa shape index (κ3) is 2.41. The van der Waals surface area contributed by atoms with E-state index >= 15 is 0 Å². The minimum Gasteiger partial charge on any atom is -0.319 e. The predicted molar refractivity (Wildman–Crippen MR) is 70.1 cm³/mol. The monoisotopic (exact) mass is 245 g/mol. The Bertz CT molecular complexity index is 532. The molecule has 0 bridgehead atoms. The topological polar surface area (TPSA) is 69.6 Å². The van der Waals surface area contributed by atoms with Gasteiger partial charge in [0, 0.05) is 12.7 Å². The van der Waals surface area contributed by atoms with Gasteiger partial charge in [0.25, 0.3) is 0 Å². The molecule has 1 atom stereocenters. The summed E-state index contributed by atoms with van der Waals surface area (Å²) in [6.07, 6.45) is 2.83. The summed E-state index contributed by atoms with van der Waals surface area (Å²) in [5, 5.41) is 12.5. The van der Waals surface area contributed by atoms with Crippen molar-refractivity contribution in [3.05, 3.63) is 41.0 Å². The van der Waals surface area contributed by atoms with E-state index < -0.39 is 0 Å². The van der Waals surface area contributed by atoms with Crippen LogP contribution in [0.3, 0.4) is 0 Å².